The molecule has 0 aromatic carbocycles. The van der Waals surface area contributed by atoms with E-state index in [4.69, 9.17) is 0 Å². The highest BCUT2D eigenvalue weighted by Crippen LogP contribution is 2.31. The highest BCUT2D eigenvalue weighted by Gasteiger charge is 2.37. The summed E-state index contributed by atoms with van der Waals surface area (Å²) in [6.07, 6.45) is 2.38. The van der Waals surface area contributed by atoms with Crippen LogP contribution in [0, 0.1) is 6.92 Å². The molecule has 1 fully saturated rings. The number of aryl methyl sites for hydroxylation is 1. The zero-order chi connectivity index (χ0) is 14.0. The van der Waals surface area contributed by atoms with Crippen molar-refractivity contribution in [1.29, 1.82) is 0 Å². The van der Waals surface area contributed by atoms with E-state index in [2.05, 4.69) is 55.2 Å². The van der Waals surface area contributed by atoms with E-state index in [1.165, 1.54) is 17.8 Å². The van der Waals surface area contributed by atoms with Gasteiger partial charge >= 0.3 is 0 Å². The summed E-state index contributed by atoms with van der Waals surface area (Å²) in [4.78, 5) is 7.30. The van der Waals surface area contributed by atoms with E-state index >= 15 is 0 Å². The van der Waals surface area contributed by atoms with E-state index in [0.717, 1.165) is 18.8 Å². The van der Waals surface area contributed by atoms with Crippen molar-refractivity contribution in [1.82, 2.24) is 15.2 Å². The summed E-state index contributed by atoms with van der Waals surface area (Å²) in [5, 5.41) is 7.18. The molecule has 2 unspecified atom stereocenters. The van der Waals surface area contributed by atoms with E-state index in [9.17, 15) is 0 Å². The lowest BCUT2D eigenvalue weighted by molar-refractivity contribution is 0.0495. The number of rotatable bonds is 4. The summed E-state index contributed by atoms with van der Waals surface area (Å²) in [6.45, 7) is 13.5. The third-order valence-electron chi connectivity index (χ3n) is 4.67. The second kappa shape index (κ2) is 5.90. The molecule has 0 spiro atoms. The van der Waals surface area contributed by atoms with Crippen LogP contribution >= 0.6 is 11.3 Å². The van der Waals surface area contributed by atoms with Gasteiger partial charge in [0.25, 0.3) is 0 Å². The molecule has 1 N–H and O–H groups in total. The minimum absolute atomic E-state index is 0.285. The molecule has 2 atom stereocenters. The SMILES string of the molecule is CCC1(CC)CN(C(C)c2nc(C)cs2)C(C)CN1. The van der Waals surface area contributed by atoms with Crippen molar-refractivity contribution in [2.45, 2.75) is 65.1 Å². The van der Waals surface area contributed by atoms with Crippen LogP contribution < -0.4 is 5.32 Å². The molecule has 2 heterocycles. The third-order valence-corrected chi connectivity index (χ3v) is 5.80. The zero-order valence-electron chi connectivity index (χ0n) is 12.9. The molecule has 108 valence electrons. The molecule has 1 aliphatic heterocycles. The summed E-state index contributed by atoms with van der Waals surface area (Å²) in [5.41, 5.74) is 1.43. The number of nitrogens with zero attached hydrogens (tertiary/aromatic N) is 2. The molecule has 1 saturated heterocycles. The fourth-order valence-corrected chi connectivity index (χ4v) is 3.86. The van der Waals surface area contributed by atoms with Crippen molar-refractivity contribution in [3.8, 4) is 0 Å². The molecule has 2 rings (SSSR count). The zero-order valence-corrected chi connectivity index (χ0v) is 13.7. The summed E-state index contributed by atoms with van der Waals surface area (Å²) >= 11 is 1.80. The van der Waals surface area contributed by atoms with Crippen LogP contribution in [0.25, 0.3) is 0 Å². The van der Waals surface area contributed by atoms with Gasteiger partial charge in [-0.25, -0.2) is 4.98 Å². The van der Waals surface area contributed by atoms with Crippen molar-refractivity contribution in [3.63, 3.8) is 0 Å². The summed E-state index contributed by atoms with van der Waals surface area (Å²) < 4.78 is 0. The molecular formula is C15H27N3S. The van der Waals surface area contributed by atoms with Crippen LogP contribution in [0.1, 0.15) is 57.3 Å². The van der Waals surface area contributed by atoms with Crippen LogP contribution in [0.3, 0.4) is 0 Å². The van der Waals surface area contributed by atoms with Gasteiger partial charge in [0, 0.05) is 35.7 Å². The van der Waals surface area contributed by atoms with Gasteiger partial charge in [0.2, 0.25) is 0 Å². The topological polar surface area (TPSA) is 28.2 Å². The molecule has 0 saturated carbocycles. The second-order valence-electron chi connectivity index (χ2n) is 5.89. The average molecular weight is 281 g/mol. The molecule has 1 aliphatic rings. The van der Waals surface area contributed by atoms with Gasteiger partial charge in [-0.3, -0.25) is 4.90 Å². The first-order valence-electron chi connectivity index (χ1n) is 7.44. The van der Waals surface area contributed by atoms with Crippen LogP contribution in [0.4, 0.5) is 0 Å². The quantitative estimate of drug-likeness (QED) is 0.917. The van der Waals surface area contributed by atoms with Gasteiger partial charge in [0.15, 0.2) is 0 Å². The van der Waals surface area contributed by atoms with E-state index in [-0.39, 0.29) is 5.54 Å². The predicted octanol–water partition coefficient (Wildman–Crippen LogP) is 3.37. The van der Waals surface area contributed by atoms with Crippen LogP contribution in [0.15, 0.2) is 5.38 Å². The van der Waals surface area contributed by atoms with Crippen molar-refractivity contribution >= 4 is 11.3 Å². The molecule has 4 heteroatoms. The molecule has 0 amide bonds. The Labute approximate surface area is 121 Å². The maximum atomic E-state index is 4.68. The van der Waals surface area contributed by atoms with Crippen LogP contribution in [0.5, 0.6) is 0 Å². The number of hydrogen-bond donors (Lipinski definition) is 1. The van der Waals surface area contributed by atoms with Crippen LogP contribution in [0.2, 0.25) is 0 Å². The first kappa shape index (κ1) is 14.9. The first-order chi connectivity index (χ1) is 9.01. The monoisotopic (exact) mass is 281 g/mol. The largest absolute Gasteiger partial charge is 0.308 e. The van der Waals surface area contributed by atoms with Gasteiger partial charge in [-0.2, -0.15) is 0 Å². The van der Waals surface area contributed by atoms with Crippen molar-refractivity contribution in [2.24, 2.45) is 0 Å². The minimum atomic E-state index is 0.285. The van der Waals surface area contributed by atoms with Gasteiger partial charge < -0.3 is 5.32 Å². The lowest BCUT2D eigenvalue weighted by Crippen LogP contribution is -2.63. The Morgan fingerprint density at radius 1 is 1.53 bits per heavy atom. The second-order valence-corrected chi connectivity index (χ2v) is 6.78. The van der Waals surface area contributed by atoms with Gasteiger partial charge in [0.1, 0.15) is 5.01 Å². The lowest BCUT2D eigenvalue weighted by Gasteiger charge is -2.48. The Hall–Kier alpha value is -0.450. The first-order valence-corrected chi connectivity index (χ1v) is 8.32. The molecule has 0 bridgehead atoms. The van der Waals surface area contributed by atoms with Crippen LogP contribution in [-0.4, -0.2) is 34.6 Å². The van der Waals surface area contributed by atoms with E-state index in [1.54, 1.807) is 11.3 Å². The number of nitrogens with one attached hydrogen (secondary N) is 1. The smallest absolute Gasteiger partial charge is 0.110 e. The summed E-state index contributed by atoms with van der Waals surface area (Å²) in [5.74, 6) is 0. The van der Waals surface area contributed by atoms with Gasteiger partial charge in [-0.05, 0) is 33.6 Å². The Morgan fingerprint density at radius 2 is 2.21 bits per heavy atom. The predicted molar refractivity (Wildman–Crippen MR) is 82.7 cm³/mol. The third kappa shape index (κ3) is 3.01. The Morgan fingerprint density at radius 3 is 2.74 bits per heavy atom. The molecular weight excluding hydrogens is 254 g/mol. The van der Waals surface area contributed by atoms with E-state index < -0.39 is 0 Å². The average Bonchev–Trinajstić information content (AvgIpc) is 2.86. The van der Waals surface area contributed by atoms with E-state index in [0.29, 0.717) is 12.1 Å². The fraction of sp³-hybridized carbons (Fsp3) is 0.800. The van der Waals surface area contributed by atoms with Gasteiger partial charge in [-0.1, -0.05) is 13.8 Å². The summed E-state index contributed by atoms with van der Waals surface area (Å²) in [6, 6.07) is 0.999. The highest BCUT2D eigenvalue weighted by atomic mass is 32.1. The highest BCUT2D eigenvalue weighted by molar-refractivity contribution is 7.09. The van der Waals surface area contributed by atoms with Gasteiger partial charge in [-0.15, -0.1) is 11.3 Å². The number of hydrogen-bond acceptors (Lipinski definition) is 4. The molecule has 1 aromatic heterocycles. The molecule has 3 nitrogen and oxygen atoms in total. The summed E-state index contributed by atoms with van der Waals surface area (Å²) in [7, 11) is 0. The Bertz CT molecular complexity index is 411. The van der Waals surface area contributed by atoms with E-state index in [1.807, 2.05) is 0 Å². The Balaban J connectivity index is 2.17. The maximum absolute atomic E-state index is 4.68. The molecule has 1 aromatic rings. The normalized spacial score (nSPS) is 25.4. The maximum Gasteiger partial charge on any atom is 0.110 e. The minimum Gasteiger partial charge on any atom is -0.308 e. The lowest BCUT2D eigenvalue weighted by atomic mass is 9.88. The molecule has 0 aliphatic carbocycles. The van der Waals surface area contributed by atoms with Crippen molar-refractivity contribution in [3.05, 3.63) is 16.1 Å². The molecule has 19 heavy (non-hydrogen) atoms. The fourth-order valence-electron chi connectivity index (χ4n) is 2.99. The number of thiazole rings is 1. The van der Waals surface area contributed by atoms with Crippen molar-refractivity contribution < 1.29 is 0 Å². The standard InChI is InChI=1S/C15H27N3S/c1-6-15(7-2)10-18(12(4)8-16-15)13(5)14-17-11(3)9-19-14/h9,12-13,16H,6-8,10H2,1-5H3. The Kier molecular flexibility index (Phi) is 4.64. The number of piperazine rings is 1. The number of aromatic nitrogens is 1. The van der Waals surface area contributed by atoms with Crippen LogP contribution in [-0.2, 0) is 0 Å². The van der Waals surface area contributed by atoms with Gasteiger partial charge in [0.05, 0.1) is 6.04 Å². The van der Waals surface area contributed by atoms with Crippen molar-refractivity contribution in [2.75, 3.05) is 13.1 Å². The molecule has 0 radical (unpaired) electrons.